The summed E-state index contributed by atoms with van der Waals surface area (Å²) in [5, 5.41) is 5.60. The number of hydrogen-bond donors (Lipinski definition) is 2. The van der Waals surface area contributed by atoms with E-state index in [9.17, 15) is 9.59 Å². The van der Waals surface area contributed by atoms with E-state index in [1.807, 2.05) is 54.6 Å². The molecule has 6 nitrogen and oxygen atoms in total. The number of nitrogens with one attached hydrogen (secondary N) is 2. The number of carbonyl (C=O) groups is 2. The molecule has 1 aliphatic rings. The van der Waals surface area contributed by atoms with Gasteiger partial charge in [0.1, 0.15) is 12.7 Å². The highest BCUT2D eigenvalue weighted by Crippen LogP contribution is 2.30. The molecule has 0 aliphatic carbocycles. The Morgan fingerprint density at radius 1 is 0.885 bits per heavy atom. The monoisotopic (exact) mass is 354 g/mol. The van der Waals surface area contributed by atoms with Crippen molar-refractivity contribution in [3.63, 3.8) is 0 Å². The van der Waals surface area contributed by atoms with Crippen molar-refractivity contribution in [2.75, 3.05) is 13.2 Å². The van der Waals surface area contributed by atoms with Gasteiger partial charge in [-0.05, 0) is 17.7 Å². The van der Waals surface area contributed by atoms with Gasteiger partial charge in [-0.1, -0.05) is 42.5 Å². The van der Waals surface area contributed by atoms with E-state index in [0.717, 1.165) is 5.56 Å². The molecular formula is C20H22N2O4. The first kappa shape index (κ1) is 17.8. The Hall–Kier alpha value is -3.02. The van der Waals surface area contributed by atoms with Crippen LogP contribution in [0.25, 0.3) is 0 Å². The standard InChI is InChI=1S/C20H22N2O4/c23-19(21-12-15-6-2-1-3-7-15)10-11-20(24)22-13-16-14-25-17-8-4-5-9-18(17)26-16/h1-9,16H,10-14H2,(H,21,23)(H,22,24)/t16-/m1/s1. The SMILES string of the molecule is O=C(CCC(=O)NC[C@@H]1COc2ccccc2O1)NCc1ccccc1. The molecule has 2 N–H and O–H groups in total. The number of benzene rings is 2. The third-order valence-electron chi connectivity index (χ3n) is 4.01. The molecule has 0 fully saturated rings. The van der Waals surface area contributed by atoms with Crippen LogP contribution in [0.15, 0.2) is 54.6 Å². The lowest BCUT2D eigenvalue weighted by atomic mass is 10.2. The first-order valence-corrected chi connectivity index (χ1v) is 8.66. The van der Waals surface area contributed by atoms with E-state index in [-0.39, 0.29) is 30.8 Å². The molecule has 0 bridgehead atoms. The summed E-state index contributed by atoms with van der Waals surface area (Å²) >= 11 is 0. The molecule has 0 radical (unpaired) electrons. The van der Waals surface area contributed by atoms with Crippen LogP contribution < -0.4 is 20.1 Å². The van der Waals surface area contributed by atoms with Gasteiger partial charge in [-0.3, -0.25) is 9.59 Å². The van der Waals surface area contributed by atoms with Crippen LogP contribution in [0, 0.1) is 0 Å². The highest BCUT2D eigenvalue weighted by molar-refractivity contribution is 5.83. The normalized spacial score (nSPS) is 15.2. The lowest BCUT2D eigenvalue weighted by Gasteiger charge is -2.26. The zero-order chi connectivity index (χ0) is 18.2. The van der Waals surface area contributed by atoms with E-state index >= 15 is 0 Å². The lowest BCUT2D eigenvalue weighted by Crippen LogP contribution is -2.41. The van der Waals surface area contributed by atoms with Gasteiger partial charge in [-0.15, -0.1) is 0 Å². The van der Waals surface area contributed by atoms with Gasteiger partial charge < -0.3 is 20.1 Å². The predicted molar refractivity (Wildman–Crippen MR) is 96.9 cm³/mol. The number of hydrogen-bond acceptors (Lipinski definition) is 4. The topological polar surface area (TPSA) is 76.7 Å². The summed E-state index contributed by atoms with van der Waals surface area (Å²) in [6, 6.07) is 17.1. The second-order valence-corrected chi connectivity index (χ2v) is 6.06. The number of fused-ring (bicyclic) bond motifs is 1. The zero-order valence-electron chi connectivity index (χ0n) is 14.4. The highest BCUT2D eigenvalue weighted by Gasteiger charge is 2.21. The smallest absolute Gasteiger partial charge is 0.220 e. The highest BCUT2D eigenvalue weighted by atomic mass is 16.6. The molecule has 1 heterocycles. The minimum Gasteiger partial charge on any atom is -0.486 e. The maximum absolute atomic E-state index is 11.9. The number of ether oxygens (including phenoxy) is 2. The van der Waals surface area contributed by atoms with E-state index in [4.69, 9.17) is 9.47 Å². The molecule has 26 heavy (non-hydrogen) atoms. The van der Waals surface area contributed by atoms with E-state index in [1.165, 1.54) is 0 Å². The fourth-order valence-electron chi connectivity index (χ4n) is 2.59. The summed E-state index contributed by atoms with van der Waals surface area (Å²) in [5.41, 5.74) is 1.03. The van der Waals surface area contributed by atoms with E-state index in [1.54, 1.807) is 0 Å². The average Bonchev–Trinajstić information content (AvgIpc) is 2.69. The van der Waals surface area contributed by atoms with Crippen LogP contribution in [-0.2, 0) is 16.1 Å². The number of para-hydroxylation sites is 2. The molecule has 2 aromatic carbocycles. The fourth-order valence-corrected chi connectivity index (χ4v) is 2.59. The van der Waals surface area contributed by atoms with E-state index in [2.05, 4.69) is 10.6 Å². The van der Waals surface area contributed by atoms with Crippen molar-refractivity contribution in [1.29, 1.82) is 0 Å². The van der Waals surface area contributed by atoms with Gasteiger partial charge in [0, 0.05) is 19.4 Å². The predicted octanol–water partition coefficient (Wildman–Crippen LogP) is 2.04. The molecule has 1 atom stereocenters. The van der Waals surface area contributed by atoms with Crippen LogP contribution in [0.5, 0.6) is 11.5 Å². The molecule has 0 saturated carbocycles. The summed E-state index contributed by atoms with van der Waals surface area (Å²) < 4.78 is 11.4. The van der Waals surface area contributed by atoms with Crippen molar-refractivity contribution >= 4 is 11.8 Å². The van der Waals surface area contributed by atoms with Crippen LogP contribution in [0.1, 0.15) is 18.4 Å². The second kappa shape index (κ2) is 8.89. The Morgan fingerprint density at radius 2 is 1.54 bits per heavy atom. The number of amides is 2. The van der Waals surface area contributed by atoms with E-state index < -0.39 is 0 Å². The van der Waals surface area contributed by atoms with Crippen LogP contribution in [-0.4, -0.2) is 31.1 Å². The summed E-state index contributed by atoms with van der Waals surface area (Å²) in [7, 11) is 0. The van der Waals surface area contributed by atoms with E-state index in [0.29, 0.717) is 31.2 Å². The summed E-state index contributed by atoms with van der Waals surface area (Å²) in [6.07, 6.45) is 0.0645. The molecular weight excluding hydrogens is 332 g/mol. The molecule has 2 aromatic rings. The van der Waals surface area contributed by atoms with Gasteiger partial charge in [0.2, 0.25) is 11.8 Å². The molecule has 0 aromatic heterocycles. The molecule has 0 unspecified atom stereocenters. The van der Waals surface area contributed by atoms with Gasteiger partial charge in [-0.2, -0.15) is 0 Å². The van der Waals surface area contributed by atoms with Crippen molar-refractivity contribution < 1.29 is 19.1 Å². The van der Waals surface area contributed by atoms with Crippen molar-refractivity contribution in [3.8, 4) is 11.5 Å². The lowest BCUT2D eigenvalue weighted by molar-refractivity contribution is -0.126. The van der Waals surface area contributed by atoms with Gasteiger partial charge in [0.25, 0.3) is 0 Å². The van der Waals surface area contributed by atoms with Gasteiger partial charge in [-0.25, -0.2) is 0 Å². The number of rotatable bonds is 7. The Kier molecular flexibility index (Phi) is 6.09. The summed E-state index contributed by atoms with van der Waals surface area (Å²) in [4.78, 5) is 23.8. The number of carbonyl (C=O) groups excluding carboxylic acids is 2. The molecule has 0 spiro atoms. The zero-order valence-corrected chi connectivity index (χ0v) is 14.4. The third kappa shape index (κ3) is 5.24. The first-order valence-electron chi connectivity index (χ1n) is 8.66. The first-order chi connectivity index (χ1) is 12.7. The van der Waals surface area contributed by atoms with Gasteiger partial charge >= 0.3 is 0 Å². The van der Waals surface area contributed by atoms with Crippen molar-refractivity contribution in [3.05, 3.63) is 60.2 Å². The molecule has 0 saturated heterocycles. The van der Waals surface area contributed by atoms with Crippen LogP contribution in [0.4, 0.5) is 0 Å². The maximum Gasteiger partial charge on any atom is 0.220 e. The average molecular weight is 354 g/mol. The van der Waals surface area contributed by atoms with Crippen LogP contribution in [0.3, 0.4) is 0 Å². The molecule has 3 rings (SSSR count). The van der Waals surface area contributed by atoms with Gasteiger partial charge in [0.15, 0.2) is 11.5 Å². The minimum atomic E-state index is -0.235. The van der Waals surface area contributed by atoms with Crippen LogP contribution >= 0.6 is 0 Å². The van der Waals surface area contributed by atoms with Crippen molar-refractivity contribution in [2.24, 2.45) is 0 Å². The minimum absolute atomic E-state index is 0.143. The maximum atomic E-state index is 11.9. The molecule has 1 aliphatic heterocycles. The van der Waals surface area contributed by atoms with Crippen molar-refractivity contribution in [1.82, 2.24) is 10.6 Å². The third-order valence-corrected chi connectivity index (χ3v) is 4.01. The Morgan fingerprint density at radius 3 is 2.31 bits per heavy atom. The Bertz CT molecular complexity index is 748. The Balaban J connectivity index is 1.32. The second-order valence-electron chi connectivity index (χ2n) is 6.06. The largest absolute Gasteiger partial charge is 0.486 e. The molecule has 6 heteroatoms. The Labute approximate surface area is 152 Å². The van der Waals surface area contributed by atoms with Crippen LogP contribution in [0.2, 0.25) is 0 Å². The quantitative estimate of drug-likeness (QED) is 0.798. The molecule has 136 valence electrons. The van der Waals surface area contributed by atoms with Gasteiger partial charge in [0.05, 0.1) is 6.54 Å². The summed E-state index contributed by atoms with van der Waals surface area (Å²) in [5.74, 6) is 1.07. The molecule has 2 amide bonds. The summed E-state index contributed by atoms with van der Waals surface area (Å²) in [6.45, 7) is 1.20. The van der Waals surface area contributed by atoms with Crippen molar-refractivity contribution in [2.45, 2.75) is 25.5 Å². The fraction of sp³-hybridized carbons (Fsp3) is 0.300.